The summed E-state index contributed by atoms with van der Waals surface area (Å²) in [5.41, 5.74) is 1.12. The second-order valence-electron chi connectivity index (χ2n) is 7.65. The lowest BCUT2D eigenvalue weighted by Crippen LogP contribution is -2.28. The van der Waals surface area contributed by atoms with Crippen molar-refractivity contribution in [2.45, 2.75) is 27.3 Å². The van der Waals surface area contributed by atoms with Gasteiger partial charge in [0.1, 0.15) is 5.01 Å². The van der Waals surface area contributed by atoms with Crippen molar-refractivity contribution in [2.24, 2.45) is 10.9 Å². The maximum atomic E-state index is 11.3. The van der Waals surface area contributed by atoms with Crippen molar-refractivity contribution >= 4 is 23.5 Å². The molecule has 0 radical (unpaired) electrons. The fraction of sp³-hybridized carbons (Fsp3) is 0.400. The van der Waals surface area contributed by atoms with E-state index in [0.717, 1.165) is 25.2 Å². The molecule has 1 aromatic rings. The second kappa shape index (κ2) is 18.0. The fourth-order valence-corrected chi connectivity index (χ4v) is 3.08. The Morgan fingerprint density at radius 1 is 1.28 bits per heavy atom. The van der Waals surface area contributed by atoms with E-state index in [4.69, 9.17) is 0 Å². The zero-order valence-electron chi connectivity index (χ0n) is 20.4. The number of thiazole rings is 1. The van der Waals surface area contributed by atoms with Gasteiger partial charge in [0.25, 0.3) is 0 Å². The molecule has 1 rings (SSSR count). The number of nitrogens with one attached hydrogen (secondary N) is 1. The zero-order chi connectivity index (χ0) is 24.4. The molecular weight excluding hydrogens is 418 g/mol. The molecule has 1 N–H and O–H groups in total. The highest BCUT2D eigenvalue weighted by Crippen LogP contribution is 2.12. The third kappa shape index (κ3) is 16.1. The first-order valence-electron chi connectivity index (χ1n) is 10.5. The van der Waals surface area contributed by atoms with Crippen molar-refractivity contribution in [1.82, 2.24) is 20.1 Å². The first-order chi connectivity index (χ1) is 15.2. The molecule has 176 valence electrons. The molecule has 0 saturated carbocycles. The smallest absolute Gasteiger partial charge is 0.249 e. The van der Waals surface area contributed by atoms with E-state index in [1.165, 1.54) is 34.5 Å². The van der Waals surface area contributed by atoms with Crippen LogP contribution in [0.3, 0.4) is 0 Å². The number of carbonyl (C=O) groups is 1. The minimum absolute atomic E-state index is 0.231. The van der Waals surface area contributed by atoms with E-state index in [-0.39, 0.29) is 5.91 Å². The lowest BCUT2D eigenvalue weighted by molar-refractivity contribution is -0.115. The van der Waals surface area contributed by atoms with Gasteiger partial charge in [0, 0.05) is 48.9 Å². The Bertz CT molecular complexity index is 803. The molecular formula is C25H39N5OS. The Morgan fingerprint density at radius 3 is 2.53 bits per heavy atom. The van der Waals surface area contributed by atoms with Crippen molar-refractivity contribution in [2.75, 3.05) is 34.2 Å². The average molecular weight is 458 g/mol. The summed E-state index contributed by atoms with van der Waals surface area (Å²) in [6.45, 7) is 16.6. The fourth-order valence-electron chi connectivity index (χ4n) is 2.21. The summed E-state index contributed by atoms with van der Waals surface area (Å²) in [5, 5.41) is 3.80. The number of carbonyl (C=O) groups excluding carboxylic acids is 1. The highest BCUT2D eigenvalue weighted by molar-refractivity contribution is 7.11. The summed E-state index contributed by atoms with van der Waals surface area (Å²) >= 11 is 1.78. The van der Waals surface area contributed by atoms with Crippen LogP contribution in [-0.4, -0.2) is 61.1 Å². The number of likely N-dealkylation sites (N-methyl/N-ethyl adjacent to an activating group) is 2. The third-order valence-electron chi connectivity index (χ3n) is 4.02. The molecule has 0 saturated heterocycles. The van der Waals surface area contributed by atoms with E-state index < -0.39 is 0 Å². The molecule has 0 aliphatic heterocycles. The minimum Gasteiger partial charge on any atom is -0.329 e. The maximum Gasteiger partial charge on any atom is 0.249 e. The summed E-state index contributed by atoms with van der Waals surface area (Å²) in [6, 6.07) is 0. The highest BCUT2D eigenvalue weighted by Gasteiger charge is 2.03. The molecule has 0 aromatic carbocycles. The van der Waals surface area contributed by atoms with Gasteiger partial charge in [-0.1, -0.05) is 45.2 Å². The van der Waals surface area contributed by atoms with Gasteiger partial charge in [-0.3, -0.25) is 14.7 Å². The van der Waals surface area contributed by atoms with Crippen molar-refractivity contribution in [1.29, 1.82) is 0 Å². The summed E-state index contributed by atoms with van der Waals surface area (Å²) in [4.78, 5) is 25.2. The molecule has 0 unspecified atom stereocenters. The highest BCUT2D eigenvalue weighted by atomic mass is 32.1. The first kappa shape index (κ1) is 29.4. The van der Waals surface area contributed by atoms with Gasteiger partial charge in [0.15, 0.2) is 0 Å². The number of nitrogens with zero attached hydrogens (tertiary/aromatic N) is 4. The third-order valence-corrected chi connectivity index (χ3v) is 4.92. The van der Waals surface area contributed by atoms with Crippen molar-refractivity contribution in [3.63, 3.8) is 0 Å². The van der Waals surface area contributed by atoms with E-state index in [2.05, 4.69) is 80.2 Å². The quantitative estimate of drug-likeness (QED) is 0.283. The first-order valence-corrected chi connectivity index (χ1v) is 11.4. The van der Waals surface area contributed by atoms with Crippen LogP contribution in [0.5, 0.6) is 0 Å². The predicted octanol–water partition coefficient (Wildman–Crippen LogP) is 4.60. The van der Waals surface area contributed by atoms with Crippen molar-refractivity contribution in [3.8, 4) is 0 Å². The molecule has 0 aliphatic rings. The van der Waals surface area contributed by atoms with Crippen LogP contribution in [0.15, 0.2) is 72.7 Å². The molecule has 6 nitrogen and oxygen atoms in total. The summed E-state index contributed by atoms with van der Waals surface area (Å²) in [7, 11) is 6.34. The summed E-state index contributed by atoms with van der Waals surface area (Å²) in [5.74, 6) is 0.182. The molecule has 1 amide bonds. The van der Waals surface area contributed by atoms with Crippen LogP contribution in [-0.2, 0) is 11.3 Å². The molecule has 1 heterocycles. The minimum atomic E-state index is -0.231. The van der Waals surface area contributed by atoms with Crippen molar-refractivity contribution < 1.29 is 4.79 Å². The summed E-state index contributed by atoms with van der Waals surface area (Å²) < 4.78 is 0. The lowest BCUT2D eigenvalue weighted by atomic mass is 10.0. The van der Waals surface area contributed by atoms with Gasteiger partial charge < -0.3 is 10.2 Å². The molecule has 0 aliphatic carbocycles. The van der Waals surface area contributed by atoms with Gasteiger partial charge in [-0.15, -0.1) is 11.3 Å². The molecule has 0 fully saturated rings. The number of aryl methyl sites for hydroxylation is 1. The van der Waals surface area contributed by atoms with E-state index in [0.29, 0.717) is 5.92 Å². The topological polar surface area (TPSA) is 60.8 Å². The van der Waals surface area contributed by atoms with Crippen LogP contribution in [0, 0.1) is 12.8 Å². The standard InChI is InChI=1S/C15H20N2O.C10H19N3S/c1-5-10-16-12-9-15(18)17-11-7-8-14(6-2)13(3)4;1-9-7-11-10(14-9)8-13(4)6-5-12(2)3/h5-13H,1-2H2,3-4H3,(H,17,18);7H,5-6,8H2,1-4H3/b11-7+,12-9+,14-8+,16-10?;. The van der Waals surface area contributed by atoms with E-state index >= 15 is 0 Å². The Hall–Kier alpha value is -2.61. The second-order valence-corrected chi connectivity index (χ2v) is 8.97. The molecule has 32 heavy (non-hydrogen) atoms. The monoisotopic (exact) mass is 457 g/mol. The van der Waals surface area contributed by atoms with Gasteiger partial charge in [0.2, 0.25) is 5.91 Å². The van der Waals surface area contributed by atoms with Crippen LogP contribution in [0.25, 0.3) is 0 Å². The number of hydrogen-bond donors (Lipinski definition) is 1. The average Bonchev–Trinajstić information content (AvgIpc) is 3.14. The van der Waals surface area contributed by atoms with Crippen LogP contribution in [0.4, 0.5) is 0 Å². The van der Waals surface area contributed by atoms with E-state index in [1.54, 1.807) is 29.7 Å². The van der Waals surface area contributed by atoms with E-state index in [1.807, 2.05) is 12.3 Å². The number of rotatable bonds is 12. The number of amides is 1. The Morgan fingerprint density at radius 2 is 2.00 bits per heavy atom. The Kier molecular flexibility index (Phi) is 16.5. The van der Waals surface area contributed by atoms with Crippen LogP contribution in [0.2, 0.25) is 0 Å². The maximum absolute atomic E-state index is 11.3. The van der Waals surface area contributed by atoms with Gasteiger partial charge in [-0.2, -0.15) is 0 Å². The SMILES string of the molecule is C=CC=N/C=C/C(=O)N/C=C/C=C(\C=C)C(C)C.Cc1cnc(CN(C)CCN(C)C)s1. The van der Waals surface area contributed by atoms with Crippen molar-refractivity contribution in [3.05, 3.63) is 77.6 Å². The van der Waals surface area contributed by atoms with Gasteiger partial charge >= 0.3 is 0 Å². The molecule has 7 heteroatoms. The number of aromatic nitrogens is 1. The number of allylic oxidation sites excluding steroid dienone is 5. The number of hydrogen-bond acceptors (Lipinski definition) is 6. The predicted molar refractivity (Wildman–Crippen MR) is 140 cm³/mol. The van der Waals surface area contributed by atoms with Crippen LogP contribution in [0.1, 0.15) is 23.7 Å². The number of aliphatic imine (C=N–C) groups is 1. The lowest BCUT2D eigenvalue weighted by Gasteiger charge is -2.17. The largest absolute Gasteiger partial charge is 0.329 e. The van der Waals surface area contributed by atoms with Gasteiger partial charge in [0.05, 0.1) is 6.54 Å². The zero-order valence-corrected chi connectivity index (χ0v) is 21.2. The van der Waals surface area contributed by atoms with E-state index in [9.17, 15) is 4.79 Å². The molecule has 1 aromatic heterocycles. The normalized spacial score (nSPS) is 12.2. The molecule has 0 atom stereocenters. The molecule has 0 bridgehead atoms. The van der Waals surface area contributed by atoms with Crippen LogP contribution >= 0.6 is 11.3 Å². The van der Waals surface area contributed by atoms with Gasteiger partial charge in [-0.25, -0.2) is 4.98 Å². The van der Waals surface area contributed by atoms with Gasteiger partial charge in [-0.05, 0) is 45.6 Å². The Labute approximate surface area is 198 Å². The van der Waals surface area contributed by atoms with Crippen LogP contribution < -0.4 is 5.32 Å². The molecule has 0 spiro atoms. The Balaban J connectivity index is 0.000000618. The summed E-state index contributed by atoms with van der Waals surface area (Å²) in [6.07, 6.45) is 14.8.